The fourth-order valence-corrected chi connectivity index (χ4v) is 6.23. The number of nitrogens with zero attached hydrogens (tertiary/aromatic N) is 3. The van der Waals surface area contributed by atoms with Gasteiger partial charge in [0.25, 0.3) is 5.78 Å². The number of anilines is 1. The van der Waals surface area contributed by atoms with Crippen molar-refractivity contribution in [1.82, 2.24) is 10.2 Å². The molecule has 10 heteroatoms. The lowest BCUT2D eigenvalue weighted by Gasteiger charge is -2.22. The molecule has 0 spiro atoms. The van der Waals surface area contributed by atoms with Gasteiger partial charge in [-0.05, 0) is 53.9 Å². The van der Waals surface area contributed by atoms with Gasteiger partial charge in [0, 0.05) is 11.3 Å². The Morgan fingerprint density at radius 1 is 0.976 bits per heavy atom. The Hall–Kier alpha value is -4.15. The van der Waals surface area contributed by atoms with Crippen LogP contribution in [0.3, 0.4) is 0 Å². The number of unbranched alkanes of at least 4 members (excludes halogenated alkanes) is 1. The van der Waals surface area contributed by atoms with Crippen molar-refractivity contribution in [2.45, 2.75) is 35.9 Å². The van der Waals surface area contributed by atoms with Crippen LogP contribution in [0, 0.1) is 0 Å². The third-order valence-corrected chi connectivity index (χ3v) is 8.70. The predicted molar refractivity (Wildman–Crippen MR) is 161 cm³/mol. The maximum atomic E-state index is 13.5. The summed E-state index contributed by atoms with van der Waals surface area (Å²) in [5.41, 5.74) is 2.14. The van der Waals surface area contributed by atoms with Crippen LogP contribution in [0.15, 0.2) is 88.8 Å². The van der Waals surface area contributed by atoms with E-state index in [1.54, 1.807) is 55.6 Å². The highest BCUT2D eigenvalue weighted by Gasteiger charge is 2.48. The van der Waals surface area contributed by atoms with Crippen LogP contribution in [0.2, 0.25) is 0 Å². The predicted octanol–water partition coefficient (Wildman–Crippen LogP) is 6.64. The summed E-state index contributed by atoms with van der Waals surface area (Å²) in [6.45, 7) is 2.68. The topological polar surface area (TPSA) is 102 Å². The molecule has 1 amide bonds. The molecule has 3 aromatic carbocycles. The molecule has 1 fully saturated rings. The number of ether oxygens (including phenoxy) is 2. The molecule has 1 atom stereocenters. The molecule has 8 nitrogen and oxygen atoms in total. The molecule has 1 N–H and O–H groups in total. The van der Waals surface area contributed by atoms with Crippen molar-refractivity contribution in [2.75, 3.05) is 18.6 Å². The molecule has 0 saturated carbocycles. The van der Waals surface area contributed by atoms with E-state index in [0.717, 1.165) is 18.4 Å². The van der Waals surface area contributed by atoms with Gasteiger partial charge in [0.15, 0.2) is 4.34 Å². The molecule has 1 aliphatic rings. The van der Waals surface area contributed by atoms with Crippen LogP contribution in [0.5, 0.6) is 11.5 Å². The summed E-state index contributed by atoms with van der Waals surface area (Å²) in [6, 6.07) is 22.9. The van der Waals surface area contributed by atoms with Gasteiger partial charge in [0.2, 0.25) is 5.13 Å². The average molecular weight is 588 g/mol. The number of benzene rings is 3. The van der Waals surface area contributed by atoms with Crippen molar-refractivity contribution in [1.29, 1.82) is 0 Å². The summed E-state index contributed by atoms with van der Waals surface area (Å²) < 4.78 is 11.7. The van der Waals surface area contributed by atoms with Crippen molar-refractivity contribution in [3.63, 3.8) is 0 Å². The number of carbonyl (C=O) groups excluding carboxylic acids is 2. The maximum absolute atomic E-state index is 13.5. The molecule has 210 valence electrons. The lowest BCUT2D eigenvalue weighted by atomic mass is 9.95. The fraction of sp³-hybridized carbons (Fsp3) is 0.226. The summed E-state index contributed by atoms with van der Waals surface area (Å²) in [6.07, 6.45) is 1.96. The number of hydrogen-bond donors (Lipinski definition) is 1. The Labute approximate surface area is 246 Å². The van der Waals surface area contributed by atoms with Crippen LogP contribution in [0.25, 0.3) is 5.76 Å². The van der Waals surface area contributed by atoms with Gasteiger partial charge < -0.3 is 14.6 Å². The number of Topliss-reactive ketones (excluding diaryl/α,β-unsaturated/α-hetero) is 1. The summed E-state index contributed by atoms with van der Waals surface area (Å²) in [5.74, 6) is 0.142. The fourth-order valence-electron chi connectivity index (χ4n) is 4.41. The lowest BCUT2D eigenvalue weighted by Crippen LogP contribution is -2.29. The van der Waals surface area contributed by atoms with E-state index < -0.39 is 17.7 Å². The minimum Gasteiger partial charge on any atom is -0.507 e. The Bertz CT molecular complexity index is 1540. The van der Waals surface area contributed by atoms with E-state index in [4.69, 9.17) is 9.47 Å². The van der Waals surface area contributed by atoms with Gasteiger partial charge in [0.05, 0.1) is 25.3 Å². The van der Waals surface area contributed by atoms with Gasteiger partial charge in [-0.25, -0.2) is 0 Å². The second-order valence-corrected chi connectivity index (χ2v) is 11.5. The molecule has 1 aliphatic heterocycles. The highest BCUT2D eigenvalue weighted by Crippen LogP contribution is 2.44. The molecule has 5 rings (SSSR count). The number of aromatic nitrogens is 2. The van der Waals surface area contributed by atoms with Gasteiger partial charge in [-0.2, -0.15) is 0 Å². The van der Waals surface area contributed by atoms with E-state index in [1.807, 2.05) is 30.3 Å². The first kappa shape index (κ1) is 28.4. The first-order valence-corrected chi connectivity index (χ1v) is 15.0. The number of carbonyl (C=O) groups is 2. The number of amides is 1. The smallest absolute Gasteiger partial charge is 0.301 e. The summed E-state index contributed by atoms with van der Waals surface area (Å²) in [5, 5.41) is 20.2. The zero-order valence-electron chi connectivity index (χ0n) is 22.6. The first-order valence-electron chi connectivity index (χ1n) is 13.2. The number of thioether (sulfide) groups is 1. The van der Waals surface area contributed by atoms with E-state index >= 15 is 0 Å². The van der Waals surface area contributed by atoms with E-state index in [2.05, 4.69) is 17.1 Å². The molecule has 0 radical (unpaired) electrons. The number of ketones is 1. The van der Waals surface area contributed by atoms with Crippen LogP contribution in [0.1, 0.15) is 42.5 Å². The zero-order chi connectivity index (χ0) is 28.8. The Kier molecular flexibility index (Phi) is 9.01. The van der Waals surface area contributed by atoms with Crippen LogP contribution in [0.4, 0.5) is 5.13 Å². The summed E-state index contributed by atoms with van der Waals surface area (Å²) in [7, 11) is 1.56. The van der Waals surface area contributed by atoms with Crippen molar-refractivity contribution < 1.29 is 24.2 Å². The second-order valence-electron chi connectivity index (χ2n) is 9.29. The highest BCUT2D eigenvalue weighted by atomic mass is 32.2. The molecule has 41 heavy (non-hydrogen) atoms. The number of hydrogen-bond acceptors (Lipinski definition) is 9. The quantitative estimate of drug-likeness (QED) is 0.0520. The molecule has 4 aromatic rings. The standard InChI is InChI=1S/C31H29N3O5S2/c1-3-4-18-39-24-16-12-22(13-17-24)27(35)25-26(21-10-14-23(38-2)15-11-21)34(29(37)28(25)36)30-32-33-31(41-30)40-19-20-8-6-5-7-9-20/h5-17,26,35H,3-4,18-19H2,1-2H3/b27-25+. The lowest BCUT2D eigenvalue weighted by molar-refractivity contribution is -0.132. The number of methoxy groups -OCH3 is 1. The van der Waals surface area contributed by atoms with Crippen molar-refractivity contribution in [2.24, 2.45) is 0 Å². The molecule has 2 heterocycles. The van der Waals surface area contributed by atoms with Crippen LogP contribution >= 0.6 is 23.1 Å². The Morgan fingerprint density at radius 2 is 1.68 bits per heavy atom. The number of aliphatic hydroxyl groups excluding tert-OH is 1. The van der Waals surface area contributed by atoms with Gasteiger partial charge in [0.1, 0.15) is 17.3 Å². The van der Waals surface area contributed by atoms with E-state index in [1.165, 1.54) is 28.0 Å². The maximum Gasteiger partial charge on any atom is 0.301 e. The Morgan fingerprint density at radius 3 is 2.37 bits per heavy atom. The molecule has 0 bridgehead atoms. The average Bonchev–Trinajstić information content (AvgIpc) is 3.58. The second kappa shape index (κ2) is 13.0. The van der Waals surface area contributed by atoms with Crippen molar-refractivity contribution in [3.8, 4) is 11.5 Å². The van der Waals surface area contributed by atoms with E-state index in [0.29, 0.717) is 39.3 Å². The first-order chi connectivity index (χ1) is 20.0. The van der Waals surface area contributed by atoms with Gasteiger partial charge in [-0.15, -0.1) is 10.2 Å². The van der Waals surface area contributed by atoms with Crippen LogP contribution in [-0.2, 0) is 15.3 Å². The van der Waals surface area contributed by atoms with Crippen molar-refractivity contribution >= 4 is 45.7 Å². The summed E-state index contributed by atoms with van der Waals surface area (Å²) >= 11 is 2.73. The zero-order valence-corrected chi connectivity index (χ0v) is 24.3. The molecular weight excluding hydrogens is 558 g/mol. The monoisotopic (exact) mass is 587 g/mol. The van der Waals surface area contributed by atoms with Crippen LogP contribution < -0.4 is 14.4 Å². The van der Waals surface area contributed by atoms with Crippen LogP contribution in [-0.4, -0.2) is 40.7 Å². The van der Waals surface area contributed by atoms with Gasteiger partial charge in [-0.1, -0.05) is 78.9 Å². The highest BCUT2D eigenvalue weighted by molar-refractivity contribution is 8.00. The number of aliphatic hydroxyl groups is 1. The van der Waals surface area contributed by atoms with E-state index in [9.17, 15) is 14.7 Å². The summed E-state index contributed by atoms with van der Waals surface area (Å²) in [4.78, 5) is 28.3. The normalized spacial score (nSPS) is 16.2. The molecule has 1 saturated heterocycles. The largest absolute Gasteiger partial charge is 0.507 e. The number of rotatable bonds is 11. The minimum atomic E-state index is -0.902. The van der Waals surface area contributed by atoms with Crippen molar-refractivity contribution in [3.05, 3.63) is 101 Å². The SMILES string of the molecule is CCCCOc1ccc(/C(O)=C2\C(=O)C(=O)N(c3nnc(SCc4ccccc4)s3)C2c2ccc(OC)cc2)cc1. The van der Waals surface area contributed by atoms with Gasteiger partial charge in [-0.3, -0.25) is 14.5 Å². The van der Waals surface area contributed by atoms with E-state index in [-0.39, 0.29) is 16.5 Å². The van der Waals surface area contributed by atoms with Gasteiger partial charge >= 0.3 is 5.91 Å². The molecule has 1 unspecified atom stereocenters. The molecular formula is C31H29N3O5S2. The minimum absolute atomic E-state index is 0.0199. The Balaban J connectivity index is 1.50. The molecule has 1 aromatic heterocycles. The molecule has 0 aliphatic carbocycles. The third-order valence-electron chi connectivity index (χ3n) is 6.58. The third kappa shape index (κ3) is 6.28.